The van der Waals surface area contributed by atoms with Crippen LogP contribution in [0.4, 0.5) is 5.00 Å². The van der Waals surface area contributed by atoms with E-state index in [0.29, 0.717) is 4.90 Å². The zero-order chi connectivity index (χ0) is 23.7. The van der Waals surface area contributed by atoms with Gasteiger partial charge in [-0.3, -0.25) is 4.90 Å². The lowest BCUT2D eigenvalue weighted by Gasteiger charge is -2.40. The molecule has 176 valence electrons. The highest BCUT2D eigenvalue weighted by Crippen LogP contribution is 2.42. The predicted molar refractivity (Wildman–Crippen MR) is 141 cm³/mol. The van der Waals surface area contributed by atoms with Gasteiger partial charge in [0.25, 0.3) is 0 Å². The fraction of sp³-hybridized carbons (Fsp3) is 0.296. The minimum Gasteiger partial charge on any atom is -0.318 e. The predicted octanol–water partition coefficient (Wildman–Crippen LogP) is 5.89. The molecule has 5 rings (SSSR count). The number of benzene rings is 2. The Hall–Kier alpha value is -2.74. The average Bonchev–Trinajstić information content (AvgIpc) is 3.30. The van der Waals surface area contributed by atoms with Gasteiger partial charge in [0.15, 0.2) is 9.84 Å². The Morgan fingerprint density at radius 1 is 0.971 bits per heavy atom. The molecular formula is C27H29N3O2S2. The summed E-state index contributed by atoms with van der Waals surface area (Å²) < 4.78 is 23.8. The molecule has 0 spiro atoms. The number of thiazole rings is 1. The van der Waals surface area contributed by atoms with Crippen LogP contribution in [0.15, 0.2) is 77.9 Å². The largest absolute Gasteiger partial charge is 0.318 e. The molecule has 0 amide bonds. The minimum atomic E-state index is -3.24. The number of aryl methyl sites for hydroxylation is 1. The lowest BCUT2D eigenvalue weighted by atomic mass is 10.1. The van der Waals surface area contributed by atoms with Crippen LogP contribution >= 0.6 is 11.3 Å². The first-order valence-corrected chi connectivity index (χ1v) is 14.4. The zero-order valence-electron chi connectivity index (χ0n) is 19.5. The van der Waals surface area contributed by atoms with E-state index in [-0.39, 0.29) is 6.17 Å². The third-order valence-corrected chi connectivity index (χ3v) is 8.60. The highest BCUT2D eigenvalue weighted by Gasteiger charge is 2.29. The van der Waals surface area contributed by atoms with Crippen LogP contribution in [0.25, 0.3) is 21.8 Å². The SMILES string of the molecule is Cc1cccc(-c2nc(-c3ccc(S(C)(=O)=O)cc3)sc2N2C=CC=CC2N2CCCCC2)c1. The van der Waals surface area contributed by atoms with E-state index >= 15 is 0 Å². The molecule has 34 heavy (non-hydrogen) atoms. The molecule has 0 N–H and O–H groups in total. The molecule has 0 radical (unpaired) electrons. The Morgan fingerprint density at radius 3 is 2.44 bits per heavy atom. The third-order valence-electron chi connectivity index (χ3n) is 6.36. The molecule has 2 aromatic carbocycles. The molecule has 0 aliphatic carbocycles. The second kappa shape index (κ2) is 9.49. The van der Waals surface area contributed by atoms with Gasteiger partial charge in [-0.1, -0.05) is 59.7 Å². The maximum Gasteiger partial charge on any atom is 0.175 e. The van der Waals surface area contributed by atoms with Crippen LogP contribution < -0.4 is 4.90 Å². The van der Waals surface area contributed by atoms with E-state index in [2.05, 4.69) is 65.4 Å². The van der Waals surface area contributed by atoms with Crippen LogP contribution in [0.1, 0.15) is 24.8 Å². The van der Waals surface area contributed by atoms with Crippen molar-refractivity contribution in [2.24, 2.45) is 0 Å². The van der Waals surface area contributed by atoms with E-state index in [9.17, 15) is 8.42 Å². The standard InChI is InChI=1S/C27H29N3O2S2/c1-20-9-8-10-22(19-20)25-27(30-18-7-4-11-24(30)29-16-5-3-6-17-29)33-26(28-25)21-12-14-23(15-13-21)34(2,31)32/h4,7-15,18-19,24H,3,5-6,16-17H2,1-2H3. The maximum atomic E-state index is 11.9. The van der Waals surface area contributed by atoms with Crippen molar-refractivity contribution in [3.63, 3.8) is 0 Å². The van der Waals surface area contributed by atoms with Crippen LogP contribution in [0.5, 0.6) is 0 Å². The molecule has 3 heterocycles. The second-order valence-electron chi connectivity index (χ2n) is 8.98. The molecule has 1 unspecified atom stereocenters. The van der Waals surface area contributed by atoms with Gasteiger partial charge in [-0.15, -0.1) is 0 Å². The summed E-state index contributed by atoms with van der Waals surface area (Å²) in [4.78, 5) is 10.3. The molecule has 1 atom stereocenters. The first-order valence-electron chi connectivity index (χ1n) is 11.7. The van der Waals surface area contributed by atoms with Crippen LogP contribution in [-0.4, -0.2) is 43.8 Å². The van der Waals surface area contributed by atoms with Crippen molar-refractivity contribution in [3.8, 4) is 21.8 Å². The Bertz CT molecular complexity index is 1330. The number of nitrogens with zero attached hydrogens (tertiary/aromatic N) is 3. The number of likely N-dealkylation sites (tertiary alicyclic amines) is 1. The number of sulfone groups is 1. The zero-order valence-corrected chi connectivity index (χ0v) is 21.1. The molecule has 0 saturated carbocycles. The van der Waals surface area contributed by atoms with E-state index in [1.54, 1.807) is 23.5 Å². The lowest BCUT2D eigenvalue weighted by molar-refractivity contribution is 0.192. The summed E-state index contributed by atoms with van der Waals surface area (Å²) in [6.45, 7) is 4.29. The van der Waals surface area contributed by atoms with E-state index in [4.69, 9.17) is 4.98 Å². The molecule has 2 aliphatic rings. The number of aromatic nitrogens is 1. The molecule has 1 fully saturated rings. The Kier molecular flexibility index (Phi) is 6.42. The summed E-state index contributed by atoms with van der Waals surface area (Å²) in [7, 11) is -3.24. The minimum absolute atomic E-state index is 0.162. The fourth-order valence-corrected chi connectivity index (χ4v) is 6.33. The van der Waals surface area contributed by atoms with Gasteiger partial charge in [0.05, 0.1) is 4.90 Å². The second-order valence-corrected chi connectivity index (χ2v) is 12.0. The molecule has 1 saturated heterocycles. The van der Waals surface area contributed by atoms with Gasteiger partial charge < -0.3 is 4.90 Å². The van der Waals surface area contributed by atoms with Gasteiger partial charge in [0, 0.05) is 36.7 Å². The Balaban J connectivity index is 1.60. The lowest BCUT2D eigenvalue weighted by Crippen LogP contribution is -2.48. The first kappa shape index (κ1) is 23.0. The number of allylic oxidation sites excluding steroid dienone is 2. The van der Waals surface area contributed by atoms with E-state index in [0.717, 1.165) is 39.9 Å². The summed E-state index contributed by atoms with van der Waals surface area (Å²) in [5.41, 5.74) is 4.16. The number of hydrogen-bond acceptors (Lipinski definition) is 6. The number of piperidine rings is 1. The topological polar surface area (TPSA) is 53.5 Å². The summed E-state index contributed by atoms with van der Waals surface area (Å²) in [5.74, 6) is 0. The Labute approximate surface area is 206 Å². The van der Waals surface area contributed by atoms with Gasteiger partial charge in [-0.25, -0.2) is 13.4 Å². The molecule has 0 bridgehead atoms. The first-order chi connectivity index (χ1) is 16.4. The quantitative estimate of drug-likeness (QED) is 0.445. The molecule has 3 aromatic rings. The summed E-state index contributed by atoms with van der Waals surface area (Å²) in [6, 6.07) is 15.5. The average molecular weight is 492 g/mol. The van der Waals surface area contributed by atoms with Crippen LogP contribution in [0.3, 0.4) is 0 Å². The van der Waals surface area contributed by atoms with E-state index < -0.39 is 9.84 Å². The van der Waals surface area contributed by atoms with Crippen LogP contribution in [0, 0.1) is 6.92 Å². The number of anilines is 1. The van der Waals surface area contributed by atoms with Crippen molar-refractivity contribution in [1.29, 1.82) is 0 Å². The van der Waals surface area contributed by atoms with Gasteiger partial charge in [-0.05, 0) is 50.1 Å². The van der Waals surface area contributed by atoms with Crippen molar-refractivity contribution in [1.82, 2.24) is 9.88 Å². The van der Waals surface area contributed by atoms with Crippen molar-refractivity contribution in [2.45, 2.75) is 37.2 Å². The number of hydrogen-bond donors (Lipinski definition) is 0. The highest BCUT2D eigenvalue weighted by molar-refractivity contribution is 7.90. The molecule has 5 nitrogen and oxygen atoms in total. The molecule has 7 heteroatoms. The van der Waals surface area contributed by atoms with Gasteiger partial charge in [0.1, 0.15) is 21.9 Å². The van der Waals surface area contributed by atoms with Crippen LogP contribution in [-0.2, 0) is 9.84 Å². The van der Waals surface area contributed by atoms with E-state index in [1.165, 1.54) is 31.1 Å². The molecule has 1 aromatic heterocycles. The van der Waals surface area contributed by atoms with Gasteiger partial charge in [0.2, 0.25) is 0 Å². The molecular weight excluding hydrogens is 462 g/mol. The van der Waals surface area contributed by atoms with Crippen molar-refractivity contribution >= 4 is 26.2 Å². The van der Waals surface area contributed by atoms with Crippen molar-refractivity contribution < 1.29 is 8.42 Å². The molecule has 2 aliphatic heterocycles. The smallest absolute Gasteiger partial charge is 0.175 e. The normalized spacial score (nSPS) is 19.0. The summed E-state index contributed by atoms with van der Waals surface area (Å²) >= 11 is 1.65. The highest BCUT2D eigenvalue weighted by atomic mass is 32.2. The van der Waals surface area contributed by atoms with Crippen LogP contribution in [0.2, 0.25) is 0 Å². The Morgan fingerprint density at radius 2 is 1.74 bits per heavy atom. The number of rotatable bonds is 5. The van der Waals surface area contributed by atoms with Crippen molar-refractivity contribution in [2.75, 3.05) is 24.2 Å². The fourth-order valence-electron chi connectivity index (χ4n) is 4.59. The van der Waals surface area contributed by atoms with Crippen molar-refractivity contribution in [3.05, 3.63) is 78.5 Å². The maximum absolute atomic E-state index is 11.9. The monoisotopic (exact) mass is 491 g/mol. The van der Waals surface area contributed by atoms with E-state index in [1.807, 2.05) is 12.1 Å². The third kappa shape index (κ3) is 4.73. The van der Waals surface area contributed by atoms with Gasteiger partial charge in [-0.2, -0.15) is 0 Å². The summed E-state index contributed by atoms with van der Waals surface area (Å²) in [5, 5.41) is 1.98. The summed E-state index contributed by atoms with van der Waals surface area (Å²) in [6.07, 6.45) is 13.8. The van der Waals surface area contributed by atoms with Gasteiger partial charge >= 0.3 is 0 Å².